The number of benzene rings is 1. The standard InChI is InChI=1S/C14H21FNO/c1-4-16(5-2,6-3)11-14(17)12-7-9-13(15)10-8-12/h7-10H,4-6,11H2,1-3H3/q+1. The number of nitrogens with zero attached hydrogens (tertiary/aromatic N) is 1. The van der Waals surface area contributed by atoms with E-state index in [1.165, 1.54) is 12.1 Å². The van der Waals surface area contributed by atoms with E-state index in [0.717, 1.165) is 24.1 Å². The van der Waals surface area contributed by atoms with Crippen molar-refractivity contribution in [3.8, 4) is 0 Å². The average Bonchev–Trinajstić information content (AvgIpc) is 2.37. The largest absolute Gasteiger partial charge is 0.318 e. The van der Waals surface area contributed by atoms with Crippen molar-refractivity contribution in [1.29, 1.82) is 0 Å². The number of likely N-dealkylation sites (N-methyl/N-ethyl adjacent to an activating group) is 1. The summed E-state index contributed by atoms with van der Waals surface area (Å²) in [5.41, 5.74) is 0.601. The van der Waals surface area contributed by atoms with Gasteiger partial charge >= 0.3 is 0 Å². The Balaban J connectivity index is 2.81. The molecule has 1 aromatic rings. The SMILES string of the molecule is CC[N+](CC)(CC)CC(=O)c1ccc(F)cc1. The van der Waals surface area contributed by atoms with Gasteiger partial charge in [-0.05, 0) is 45.0 Å². The maximum absolute atomic E-state index is 12.8. The van der Waals surface area contributed by atoms with Gasteiger partial charge in [0.25, 0.3) is 0 Å². The van der Waals surface area contributed by atoms with E-state index in [9.17, 15) is 9.18 Å². The Bertz CT molecular complexity index is 360. The van der Waals surface area contributed by atoms with Gasteiger partial charge in [0.15, 0.2) is 0 Å². The quantitative estimate of drug-likeness (QED) is 0.550. The van der Waals surface area contributed by atoms with Crippen LogP contribution in [0.4, 0.5) is 4.39 Å². The highest BCUT2D eigenvalue weighted by Gasteiger charge is 2.25. The van der Waals surface area contributed by atoms with E-state index < -0.39 is 0 Å². The van der Waals surface area contributed by atoms with Crippen LogP contribution in [0.1, 0.15) is 31.1 Å². The molecule has 0 radical (unpaired) electrons. The summed E-state index contributed by atoms with van der Waals surface area (Å²) < 4.78 is 13.6. The topological polar surface area (TPSA) is 17.1 Å². The molecule has 0 heterocycles. The zero-order chi connectivity index (χ0) is 12.9. The second-order valence-electron chi connectivity index (χ2n) is 4.38. The molecule has 2 nitrogen and oxygen atoms in total. The van der Waals surface area contributed by atoms with E-state index in [4.69, 9.17) is 0 Å². The molecule has 0 bridgehead atoms. The molecule has 94 valence electrons. The Hall–Kier alpha value is -1.22. The molecule has 3 heteroatoms. The second kappa shape index (κ2) is 5.92. The van der Waals surface area contributed by atoms with Crippen LogP contribution in [0.2, 0.25) is 0 Å². The van der Waals surface area contributed by atoms with Crippen molar-refractivity contribution in [2.24, 2.45) is 0 Å². The third-order valence-electron chi connectivity index (χ3n) is 3.66. The first-order valence-electron chi connectivity index (χ1n) is 6.20. The molecule has 0 atom stereocenters. The van der Waals surface area contributed by atoms with Crippen molar-refractivity contribution in [3.63, 3.8) is 0 Å². The van der Waals surface area contributed by atoms with Gasteiger partial charge in [0.05, 0.1) is 19.6 Å². The molecule has 0 aromatic heterocycles. The highest BCUT2D eigenvalue weighted by Crippen LogP contribution is 2.10. The van der Waals surface area contributed by atoms with Crippen LogP contribution < -0.4 is 0 Å². The van der Waals surface area contributed by atoms with E-state index in [1.807, 2.05) is 0 Å². The summed E-state index contributed by atoms with van der Waals surface area (Å²) in [7, 11) is 0. The van der Waals surface area contributed by atoms with Crippen LogP contribution in [0.15, 0.2) is 24.3 Å². The molecule has 0 N–H and O–H groups in total. The van der Waals surface area contributed by atoms with Crippen LogP contribution in [-0.2, 0) is 0 Å². The summed E-state index contributed by atoms with van der Waals surface area (Å²) in [5, 5.41) is 0. The van der Waals surface area contributed by atoms with Crippen molar-refractivity contribution in [2.75, 3.05) is 26.2 Å². The lowest BCUT2D eigenvalue weighted by Gasteiger charge is -2.35. The molecular weight excluding hydrogens is 217 g/mol. The number of Topliss-reactive ketones (excluding diaryl/α,β-unsaturated/α-hetero) is 1. The van der Waals surface area contributed by atoms with Gasteiger partial charge in [-0.25, -0.2) is 4.39 Å². The molecule has 0 aliphatic rings. The summed E-state index contributed by atoms with van der Waals surface area (Å²) in [6, 6.07) is 5.80. The van der Waals surface area contributed by atoms with Gasteiger partial charge in [-0.1, -0.05) is 0 Å². The predicted octanol–water partition coefficient (Wildman–Crippen LogP) is 2.88. The number of ketones is 1. The molecule has 0 unspecified atom stereocenters. The molecule has 0 fully saturated rings. The number of hydrogen-bond donors (Lipinski definition) is 0. The monoisotopic (exact) mass is 238 g/mol. The van der Waals surface area contributed by atoms with E-state index >= 15 is 0 Å². The summed E-state index contributed by atoms with van der Waals surface area (Å²) >= 11 is 0. The van der Waals surface area contributed by atoms with Crippen molar-refractivity contribution in [2.45, 2.75) is 20.8 Å². The highest BCUT2D eigenvalue weighted by molar-refractivity contribution is 5.96. The van der Waals surface area contributed by atoms with Crippen molar-refractivity contribution in [1.82, 2.24) is 0 Å². The fourth-order valence-electron chi connectivity index (χ4n) is 2.04. The van der Waals surface area contributed by atoms with Gasteiger partial charge in [-0.2, -0.15) is 0 Å². The van der Waals surface area contributed by atoms with Gasteiger partial charge in [0, 0.05) is 5.56 Å². The minimum atomic E-state index is -0.302. The van der Waals surface area contributed by atoms with Crippen LogP contribution in [-0.4, -0.2) is 36.4 Å². The first-order chi connectivity index (χ1) is 8.06. The Morgan fingerprint density at radius 3 is 1.94 bits per heavy atom. The lowest BCUT2D eigenvalue weighted by atomic mass is 10.1. The van der Waals surface area contributed by atoms with Crippen molar-refractivity contribution >= 4 is 5.78 Å². The molecule has 0 saturated carbocycles. The smallest absolute Gasteiger partial charge is 0.216 e. The van der Waals surface area contributed by atoms with Gasteiger partial charge in [0.2, 0.25) is 5.78 Å². The molecule has 0 saturated heterocycles. The Morgan fingerprint density at radius 1 is 1.06 bits per heavy atom. The molecule has 0 aliphatic carbocycles. The van der Waals surface area contributed by atoms with Crippen molar-refractivity contribution < 1.29 is 13.7 Å². The molecule has 1 aromatic carbocycles. The number of hydrogen-bond acceptors (Lipinski definition) is 1. The summed E-state index contributed by atoms with van der Waals surface area (Å²) in [6.45, 7) is 9.63. The molecular formula is C14H21FNO+. The average molecular weight is 238 g/mol. The fraction of sp³-hybridized carbons (Fsp3) is 0.500. The number of quaternary nitrogens is 1. The maximum Gasteiger partial charge on any atom is 0.216 e. The highest BCUT2D eigenvalue weighted by atomic mass is 19.1. The third-order valence-corrected chi connectivity index (χ3v) is 3.66. The fourth-order valence-corrected chi connectivity index (χ4v) is 2.04. The Morgan fingerprint density at radius 2 is 1.53 bits per heavy atom. The van der Waals surface area contributed by atoms with Crippen LogP contribution >= 0.6 is 0 Å². The normalized spacial score (nSPS) is 11.5. The van der Waals surface area contributed by atoms with Gasteiger partial charge in [-0.15, -0.1) is 0 Å². The lowest BCUT2D eigenvalue weighted by Crippen LogP contribution is -2.50. The first kappa shape index (κ1) is 13.8. The third kappa shape index (κ3) is 3.37. The summed E-state index contributed by atoms with van der Waals surface area (Å²) in [4.78, 5) is 12.1. The van der Waals surface area contributed by atoms with Crippen LogP contribution in [0.5, 0.6) is 0 Å². The lowest BCUT2D eigenvalue weighted by molar-refractivity contribution is -0.915. The number of carbonyl (C=O) groups is 1. The predicted molar refractivity (Wildman–Crippen MR) is 67.5 cm³/mol. The van der Waals surface area contributed by atoms with E-state index in [-0.39, 0.29) is 11.6 Å². The van der Waals surface area contributed by atoms with Crippen LogP contribution in [0.25, 0.3) is 0 Å². The molecule has 0 spiro atoms. The van der Waals surface area contributed by atoms with E-state index in [0.29, 0.717) is 12.1 Å². The zero-order valence-corrected chi connectivity index (χ0v) is 10.9. The molecule has 1 rings (SSSR count). The summed E-state index contributed by atoms with van der Waals surface area (Å²) in [6.07, 6.45) is 0. The van der Waals surface area contributed by atoms with E-state index in [1.54, 1.807) is 12.1 Å². The molecule has 0 amide bonds. The van der Waals surface area contributed by atoms with E-state index in [2.05, 4.69) is 20.8 Å². The minimum Gasteiger partial charge on any atom is -0.318 e. The van der Waals surface area contributed by atoms with Crippen molar-refractivity contribution in [3.05, 3.63) is 35.6 Å². The van der Waals surface area contributed by atoms with Crippen LogP contribution in [0.3, 0.4) is 0 Å². The molecule has 0 aliphatic heterocycles. The second-order valence-corrected chi connectivity index (χ2v) is 4.38. The van der Waals surface area contributed by atoms with Gasteiger partial charge in [-0.3, -0.25) is 4.79 Å². The Kier molecular flexibility index (Phi) is 4.82. The molecule has 17 heavy (non-hydrogen) atoms. The van der Waals surface area contributed by atoms with Crippen LogP contribution in [0, 0.1) is 5.82 Å². The number of carbonyl (C=O) groups excluding carboxylic acids is 1. The minimum absolute atomic E-state index is 0.0931. The zero-order valence-electron chi connectivity index (χ0n) is 10.9. The Labute approximate surface area is 103 Å². The maximum atomic E-state index is 12.8. The summed E-state index contributed by atoms with van der Waals surface area (Å²) in [5.74, 6) is -0.209. The van der Waals surface area contributed by atoms with Gasteiger partial charge < -0.3 is 4.48 Å². The van der Waals surface area contributed by atoms with Gasteiger partial charge in [0.1, 0.15) is 12.4 Å². The first-order valence-corrected chi connectivity index (χ1v) is 6.20. The number of rotatable bonds is 6. The number of halogens is 1.